The number of nitrogens with one attached hydrogen (secondary N) is 1. The average Bonchev–Trinajstić information content (AvgIpc) is 2.45. The summed E-state index contributed by atoms with van der Waals surface area (Å²) in [7, 11) is 0. The van der Waals surface area contributed by atoms with E-state index in [9.17, 15) is 22.0 Å². The highest BCUT2D eigenvalue weighted by atomic mass is 19.2. The molecule has 114 valence electrons. The van der Waals surface area contributed by atoms with Crippen LogP contribution < -0.4 is 5.32 Å². The third kappa shape index (κ3) is 3.46. The van der Waals surface area contributed by atoms with E-state index in [0.717, 1.165) is 0 Å². The number of benzene rings is 1. The van der Waals surface area contributed by atoms with Crippen molar-refractivity contribution in [3.63, 3.8) is 0 Å². The molecule has 1 N–H and O–H groups in total. The Hall–Kier alpha value is -1.21. The molecule has 0 saturated heterocycles. The summed E-state index contributed by atoms with van der Waals surface area (Å²) >= 11 is 0. The molecule has 0 bridgehead atoms. The second-order valence-corrected chi connectivity index (χ2v) is 4.15. The van der Waals surface area contributed by atoms with Crippen molar-refractivity contribution in [2.75, 3.05) is 19.8 Å². The largest absolute Gasteiger partial charge is 0.380 e. The minimum atomic E-state index is -2.16. The summed E-state index contributed by atoms with van der Waals surface area (Å²) in [5, 5.41) is 2.72. The molecule has 0 spiro atoms. The van der Waals surface area contributed by atoms with Crippen LogP contribution in [0.15, 0.2) is 0 Å². The third-order valence-corrected chi connectivity index (χ3v) is 2.72. The average molecular weight is 297 g/mol. The standard InChI is InChI=1S/C13H16F5NO/c1-3-5-19-7(6-20-4-2)8-9(14)11(16)13(18)12(17)10(8)15/h7,19H,3-6H2,1-2H3. The van der Waals surface area contributed by atoms with Crippen LogP contribution in [0.2, 0.25) is 0 Å². The summed E-state index contributed by atoms with van der Waals surface area (Å²) in [5.74, 6) is -9.70. The van der Waals surface area contributed by atoms with Crippen molar-refractivity contribution in [2.45, 2.75) is 26.3 Å². The Morgan fingerprint density at radius 3 is 1.85 bits per heavy atom. The van der Waals surface area contributed by atoms with Gasteiger partial charge in [-0.3, -0.25) is 0 Å². The molecule has 1 aromatic rings. The van der Waals surface area contributed by atoms with Gasteiger partial charge in [0.05, 0.1) is 12.6 Å². The maximum Gasteiger partial charge on any atom is 0.200 e. The van der Waals surface area contributed by atoms with Crippen LogP contribution in [0.25, 0.3) is 0 Å². The second kappa shape index (κ2) is 7.54. The van der Waals surface area contributed by atoms with Crippen molar-refractivity contribution in [3.8, 4) is 0 Å². The van der Waals surface area contributed by atoms with Gasteiger partial charge in [-0.2, -0.15) is 0 Å². The zero-order valence-corrected chi connectivity index (χ0v) is 11.2. The van der Waals surface area contributed by atoms with Crippen molar-refractivity contribution < 1.29 is 26.7 Å². The van der Waals surface area contributed by atoms with E-state index < -0.39 is 40.7 Å². The fraction of sp³-hybridized carbons (Fsp3) is 0.538. The summed E-state index contributed by atoms with van der Waals surface area (Å²) in [4.78, 5) is 0. The molecule has 2 nitrogen and oxygen atoms in total. The molecule has 0 aliphatic carbocycles. The van der Waals surface area contributed by atoms with Crippen molar-refractivity contribution in [1.29, 1.82) is 0 Å². The molecule has 20 heavy (non-hydrogen) atoms. The number of hydrogen-bond acceptors (Lipinski definition) is 2. The lowest BCUT2D eigenvalue weighted by molar-refractivity contribution is 0.120. The highest BCUT2D eigenvalue weighted by molar-refractivity contribution is 5.27. The van der Waals surface area contributed by atoms with Gasteiger partial charge >= 0.3 is 0 Å². The second-order valence-electron chi connectivity index (χ2n) is 4.15. The number of hydrogen-bond donors (Lipinski definition) is 1. The Morgan fingerprint density at radius 1 is 0.900 bits per heavy atom. The Morgan fingerprint density at radius 2 is 1.40 bits per heavy atom. The predicted octanol–water partition coefficient (Wildman–Crippen LogP) is 3.46. The van der Waals surface area contributed by atoms with Gasteiger partial charge in [0.15, 0.2) is 23.3 Å². The molecule has 1 aromatic carbocycles. The SMILES string of the molecule is CCCNC(COCC)c1c(F)c(F)c(F)c(F)c1F. The summed E-state index contributed by atoms with van der Waals surface area (Å²) in [6.07, 6.45) is 0.637. The first-order valence-electron chi connectivity index (χ1n) is 6.28. The van der Waals surface area contributed by atoms with E-state index >= 15 is 0 Å². The van der Waals surface area contributed by atoms with E-state index in [0.29, 0.717) is 13.0 Å². The van der Waals surface area contributed by atoms with Crippen LogP contribution in [0.5, 0.6) is 0 Å². The molecule has 1 unspecified atom stereocenters. The van der Waals surface area contributed by atoms with Gasteiger partial charge in [0, 0.05) is 12.2 Å². The van der Waals surface area contributed by atoms with Gasteiger partial charge in [-0.05, 0) is 19.9 Å². The van der Waals surface area contributed by atoms with Crippen LogP contribution in [0.1, 0.15) is 31.9 Å². The minimum Gasteiger partial charge on any atom is -0.380 e. The third-order valence-electron chi connectivity index (χ3n) is 2.72. The molecular formula is C13H16F5NO. The van der Waals surface area contributed by atoms with E-state index in [1.807, 2.05) is 6.92 Å². The van der Waals surface area contributed by atoms with Crippen LogP contribution in [0, 0.1) is 29.1 Å². The zero-order chi connectivity index (χ0) is 15.3. The van der Waals surface area contributed by atoms with E-state index in [1.165, 1.54) is 0 Å². The topological polar surface area (TPSA) is 21.3 Å². The first-order chi connectivity index (χ1) is 9.45. The molecule has 1 atom stereocenters. The highest BCUT2D eigenvalue weighted by Crippen LogP contribution is 2.28. The molecule has 0 radical (unpaired) electrons. The minimum absolute atomic E-state index is 0.186. The van der Waals surface area contributed by atoms with Crippen LogP contribution in [-0.4, -0.2) is 19.8 Å². The van der Waals surface area contributed by atoms with E-state index in [-0.39, 0.29) is 13.2 Å². The molecular weight excluding hydrogens is 281 g/mol. The van der Waals surface area contributed by atoms with Gasteiger partial charge in [-0.25, -0.2) is 22.0 Å². The molecule has 7 heteroatoms. The first-order valence-corrected chi connectivity index (χ1v) is 6.28. The van der Waals surface area contributed by atoms with Gasteiger partial charge in [-0.15, -0.1) is 0 Å². The number of rotatable bonds is 7. The molecule has 0 fully saturated rings. The Balaban J connectivity index is 3.24. The van der Waals surface area contributed by atoms with Crippen molar-refractivity contribution in [2.24, 2.45) is 0 Å². The Bertz CT molecular complexity index is 430. The predicted molar refractivity (Wildman–Crippen MR) is 63.8 cm³/mol. The van der Waals surface area contributed by atoms with Crippen LogP contribution >= 0.6 is 0 Å². The quantitative estimate of drug-likeness (QED) is 0.473. The summed E-state index contributed by atoms with van der Waals surface area (Å²) in [6, 6.07) is -1.10. The number of halogens is 5. The summed E-state index contributed by atoms with van der Waals surface area (Å²) in [6.45, 7) is 3.91. The van der Waals surface area contributed by atoms with Crippen molar-refractivity contribution >= 4 is 0 Å². The molecule has 0 saturated carbocycles. The molecule has 0 heterocycles. The van der Waals surface area contributed by atoms with Crippen LogP contribution in [-0.2, 0) is 4.74 Å². The van der Waals surface area contributed by atoms with Gasteiger partial charge in [0.25, 0.3) is 0 Å². The summed E-state index contributed by atoms with van der Waals surface area (Å²) < 4.78 is 71.8. The lowest BCUT2D eigenvalue weighted by Gasteiger charge is -2.20. The monoisotopic (exact) mass is 297 g/mol. The molecule has 1 rings (SSSR count). The maximum atomic E-state index is 13.7. The molecule has 0 aliphatic heterocycles. The first kappa shape index (κ1) is 16.8. The van der Waals surface area contributed by atoms with Crippen LogP contribution in [0.4, 0.5) is 22.0 Å². The lowest BCUT2D eigenvalue weighted by Crippen LogP contribution is -2.29. The lowest BCUT2D eigenvalue weighted by atomic mass is 10.0. The van der Waals surface area contributed by atoms with Gasteiger partial charge in [-0.1, -0.05) is 6.92 Å². The fourth-order valence-electron chi connectivity index (χ4n) is 1.73. The van der Waals surface area contributed by atoms with E-state index in [2.05, 4.69) is 5.32 Å². The highest BCUT2D eigenvalue weighted by Gasteiger charge is 2.30. The fourth-order valence-corrected chi connectivity index (χ4v) is 1.73. The Kier molecular flexibility index (Phi) is 6.35. The zero-order valence-electron chi connectivity index (χ0n) is 11.2. The molecule has 0 aliphatic rings. The van der Waals surface area contributed by atoms with Gasteiger partial charge in [0.1, 0.15) is 0 Å². The molecule has 0 amide bonds. The Labute approximate surface area is 113 Å². The van der Waals surface area contributed by atoms with E-state index in [1.54, 1.807) is 6.92 Å². The van der Waals surface area contributed by atoms with Crippen LogP contribution in [0.3, 0.4) is 0 Å². The maximum absolute atomic E-state index is 13.7. The normalized spacial score (nSPS) is 12.8. The number of ether oxygens (including phenoxy) is 1. The molecule has 0 aromatic heterocycles. The van der Waals surface area contributed by atoms with Crippen molar-refractivity contribution in [1.82, 2.24) is 5.32 Å². The van der Waals surface area contributed by atoms with Gasteiger partial charge < -0.3 is 10.1 Å². The van der Waals surface area contributed by atoms with Gasteiger partial charge in [0.2, 0.25) is 5.82 Å². The van der Waals surface area contributed by atoms with Crippen molar-refractivity contribution in [3.05, 3.63) is 34.6 Å². The van der Waals surface area contributed by atoms with E-state index in [4.69, 9.17) is 4.74 Å². The summed E-state index contributed by atoms with van der Waals surface area (Å²) in [5.41, 5.74) is -0.886. The smallest absolute Gasteiger partial charge is 0.200 e.